The average Bonchev–Trinajstić information content (AvgIpc) is 2.20. The lowest BCUT2D eigenvalue weighted by Gasteiger charge is -2.28. The van der Waals surface area contributed by atoms with E-state index in [1.54, 1.807) is 0 Å². The van der Waals surface area contributed by atoms with Crippen molar-refractivity contribution in [3.05, 3.63) is 35.1 Å². The van der Waals surface area contributed by atoms with Gasteiger partial charge in [-0.25, -0.2) is 21.6 Å². The molecule has 0 aliphatic rings. The summed E-state index contributed by atoms with van der Waals surface area (Å²) in [7, 11) is -3.60. The third-order valence-corrected chi connectivity index (χ3v) is 5.94. The van der Waals surface area contributed by atoms with Gasteiger partial charge in [0.2, 0.25) is 0 Å². The fourth-order valence-electron chi connectivity index (χ4n) is 1.29. The summed E-state index contributed by atoms with van der Waals surface area (Å²) in [6, 6.07) is 0.924. The van der Waals surface area contributed by atoms with Crippen molar-refractivity contribution in [3.63, 3.8) is 0 Å². The number of hydrogen-bond donors (Lipinski definition) is 0. The van der Waals surface area contributed by atoms with Crippen molar-refractivity contribution in [1.29, 1.82) is 0 Å². The summed E-state index contributed by atoms with van der Waals surface area (Å²) in [4.78, 5) is 0. The van der Waals surface area contributed by atoms with Crippen molar-refractivity contribution in [2.45, 2.75) is 24.0 Å². The molecule has 0 N–H and O–H groups in total. The van der Waals surface area contributed by atoms with Gasteiger partial charge in [0, 0.05) is 17.9 Å². The first-order chi connectivity index (χ1) is 7.98. The Kier molecular flexibility index (Phi) is 4.03. The molecule has 7 heteroatoms. The average molecular weight is 301 g/mol. The van der Waals surface area contributed by atoms with Crippen LogP contribution in [0.5, 0.6) is 0 Å². The molecule has 1 aromatic carbocycles. The highest BCUT2D eigenvalue weighted by Crippen LogP contribution is 2.39. The highest BCUT2D eigenvalue weighted by atomic mass is 35.5. The Labute approximate surface area is 109 Å². The molecule has 2 nitrogen and oxygen atoms in total. The minimum absolute atomic E-state index is 0.346. The van der Waals surface area contributed by atoms with Gasteiger partial charge in [-0.15, -0.1) is 11.6 Å². The highest BCUT2D eigenvalue weighted by Gasteiger charge is 2.40. The Morgan fingerprint density at radius 1 is 1.11 bits per heavy atom. The van der Waals surface area contributed by atoms with Crippen LogP contribution < -0.4 is 0 Å². The van der Waals surface area contributed by atoms with E-state index in [1.807, 2.05) is 0 Å². The van der Waals surface area contributed by atoms with Gasteiger partial charge in [0.15, 0.2) is 21.5 Å². The minimum atomic E-state index is -3.60. The molecule has 1 aromatic rings. The second-order valence-electron chi connectivity index (χ2n) is 4.53. The first kappa shape index (κ1) is 15.3. The van der Waals surface area contributed by atoms with Crippen molar-refractivity contribution in [2.75, 3.05) is 6.26 Å². The topological polar surface area (TPSA) is 34.1 Å². The Balaban J connectivity index is 3.36. The zero-order valence-corrected chi connectivity index (χ0v) is 11.5. The van der Waals surface area contributed by atoms with E-state index in [0.717, 1.165) is 6.26 Å². The van der Waals surface area contributed by atoms with Crippen LogP contribution in [0.15, 0.2) is 12.1 Å². The van der Waals surface area contributed by atoms with Gasteiger partial charge in [0.1, 0.15) is 5.82 Å². The van der Waals surface area contributed by atoms with Crippen LogP contribution in [0.2, 0.25) is 0 Å². The van der Waals surface area contributed by atoms with Gasteiger partial charge in [0.05, 0.1) is 10.1 Å². The van der Waals surface area contributed by atoms with Crippen LogP contribution in [0.3, 0.4) is 0 Å². The lowest BCUT2D eigenvalue weighted by molar-refractivity contribution is 0.482. The quantitative estimate of drug-likeness (QED) is 0.634. The van der Waals surface area contributed by atoms with E-state index in [1.165, 1.54) is 13.8 Å². The molecule has 1 rings (SSSR count). The zero-order chi connectivity index (χ0) is 14.3. The van der Waals surface area contributed by atoms with E-state index in [-0.39, 0.29) is 5.56 Å². The molecule has 1 unspecified atom stereocenters. The van der Waals surface area contributed by atoms with Crippen LogP contribution in [0, 0.1) is 17.5 Å². The van der Waals surface area contributed by atoms with Crippen LogP contribution in [-0.2, 0) is 9.84 Å². The Morgan fingerprint density at radius 2 is 1.56 bits per heavy atom. The van der Waals surface area contributed by atoms with E-state index >= 15 is 0 Å². The Morgan fingerprint density at radius 3 is 2.00 bits per heavy atom. The standard InChI is InChI=1S/C11H12ClF3O2S/c1-11(2,18(3,16)17)10(12)6-4-8(14)9(15)5-7(6)13/h4-5,10H,1-3H3. The van der Waals surface area contributed by atoms with Crippen LogP contribution >= 0.6 is 11.6 Å². The summed E-state index contributed by atoms with van der Waals surface area (Å²) < 4.78 is 60.9. The van der Waals surface area contributed by atoms with Gasteiger partial charge >= 0.3 is 0 Å². The second-order valence-corrected chi connectivity index (χ2v) is 7.56. The SMILES string of the molecule is CC(C)(C(Cl)c1cc(F)c(F)cc1F)S(C)(=O)=O. The van der Waals surface area contributed by atoms with E-state index in [9.17, 15) is 21.6 Å². The molecule has 0 radical (unpaired) electrons. The van der Waals surface area contributed by atoms with Crippen molar-refractivity contribution in [1.82, 2.24) is 0 Å². The molecule has 0 aromatic heterocycles. The lowest BCUT2D eigenvalue weighted by Crippen LogP contribution is -2.35. The molecule has 0 aliphatic heterocycles. The predicted octanol–water partition coefficient (Wildman–Crippen LogP) is 3.21. The monoisotopic (exact) mass is 300 g/mol. The molecule has 0 spiro atoms. The van der Waals surface area contributed by atoms with Crippen LogP contribution in [-0.4, -0.2) is 19.4 Å². The molecule has 0 amide bonds. The van der Waals surface area contributed by atoms with Crippen LogP contribution in [0.1, 0.15) is 24.8 Å². The zero-order valence-electron chi connectivity index (χ0n) is 9.97. The van der Waals surface area contributed by atoms with E-state index in [2.05, 4.69) is 0 Å². The predicted molar refractivity (Wildman–Crippen MR) is 63.8 cm³/mol. The van der Waals surface area contributed by atoms with E-state index in [0.29, 0.717) is 12.1 Å². The van der Waals surface area contributed by atoms with Crippen molar-refractivity contribution < 1.29 is 21.6 Å². The summed E-state index contributed by atoms with van der Waals surface area (Å²) in [5.41, 5.74) is -0.383. The lowest BCUT2D eigenvalue weighted by atomic mass is 10.0. The van der Waals surface area contributed by atoms with Gasteiger partial charge in [-0.3, -0.25) is 0 Å². The number of alkyl halides is 1. The van der Waals surface area contributed by atoms with E-state index in [4.69, 9.17) is 11.6 Å². The van der Waals surface area contributed by atoms with Crippen molar-refractivity contribution in [3.8, 4) is 0 Å². The maximum absolute atomic E-state index is 13.5. The molecule has 0 saturated heterocycles. The number of sulfone groups is 1. The third kappa shape index (κ3) is 2.64. The van der Waals surface area contributed by atoms with Gasteiger partial charge in [-0.1, -0.05) is 0 Å². The molecule has 18 heavy (non-hydrogen) atoms. The molecular weight excluding hydrogens is 289 g/mol. The molecule has 0 bridgehead atoms. The molecule has 0 aliphatic carbocycles. The normalized spacial score (nSPS) is 14.6. The molecular formula is C11H12ClF3O2S. The summed E-state index contributed by atoms with van der Waals surface area (Å²) in [5.74, 6) is -3.70. The Bertz CT molecular complexity index is 570. The maximum atomic E-state index is 13.5. The van der Waals surface area contributed by atoms with E-state index < -0.39 is 37.4 Å². The number of halogens is 4. The molecule has 0 saturated carbocycles. The second kappa shape index (κ2) is 4.74. The molecule has 1 atom stereocenters. The molecule has 0 heterocycles. The number of rotatable bonds is 3. The van der Waals surface area contributed by atoms with Gasteiger partial charge in [0.25, 0.3) is 0 Å². The van der Waals surface area contributed by atoms with Crippen molar-refractivity contribution >= 4 is 21.4 Å². The smallest absolute Gasteiger partial charge is 0.161 e. The maximum Gasteiger partial charge on any atom is 0.161 e. The van der Waals surface area contributed by atoms with Gasteiger partial charge in [-0.2, -0.15) is 0 Å². The first-order valence-electron chi connectivity index (χ1n) is 4.96. The minimum Gasteiger partial charge on any atom is -0.229 e. The van der Waals surface area contributed by atoms with Gasteiger partial charge in [-0.05, 0) is 19.9 Å². The Hall–Kier alpha value is -0.750. The van der Waals surface area contributed by atoms with Gasteiger partial charge < -0.3 is 0 Å². The summed E-state index contributed by atoms with van der Waals surface area (Å²) >= 11 is 5.90. The number of hydrogen-bond acceptors (Lipinski definition) is 2. The summed E-state index contributed by atoms with van der Waals surface area (Å²) in [6.07, 6.45) is 0.945. The van der Waals surface area contributed by atoms with Crippen LogP contribution in [0.25, 0.3) is 0 Å². The summed E-state index contributed by atoms with van der Waals surface area (Å²) in [6.45, 7) is 2.58. The first-order valence-corrected chi connectivity index (χ1v) is 7.29. The molecule has 0 fully saturated rings. The molecule has 102 valence electrons. The fourth-order valence-corrected chi connectivity index (χ4v) is 2.45. The van der Waals surface area contributed by atoms with Crippen molar-refractivity contribution in [2.24, 2.45) is 0 Å². The number of benzene rings is 1. The fraction of sp³-hybridized carbons (Fsp3) is 0.455. The third-order valence-electron chi connectivity index (χ3n) is 2.88. The van der Waals surface area contributed by atoms with Crippen LogP contribution in [0.4, 0.5) is 13.2 Å². The largest absolute Gasteiger partial charge is 0.229 e. The highest BCUT2D eigenvalue weighted by molar-refractivity contribution is 7.92. The summed E-state index contributed by atoms with van der Waals surface area (Å²) in [5, 5.41) is -1.33.